The van der Waals surface area contributed by atoms with E-state index >= 15 is 0 Å². The summed E-state index contributed by atoms with van der Waals surface area (Å²) >= 11 is 3.20. The summed E-state index contributed by atoms with van der Waals surface area (Å²) in [5.41, 5.74) is 11.5. The first-order valence-corrected chi connectivity index (χ1v) is 7.93. The number of hydrogen-bond acceptors (Lipinski definition) is 5. The smallest absolute Gasteiger partial charge is 0.243 e. The number of rotatable bonds is 7. The van der Waals surface area contributed by atoms with E-state index in [0.29, 0.717) is 15.7 Å². The molecule has 0 heterocycles. The van der Waals surface area contributed by atoms with Crippen molar-refractivity contribution in [2.45, 2.75) is 11.8 Å². The third-order valence-corrected chi connectivity index (χ3v) is 4.48. The van der Waals surface area contributed by atoms with Gasteiger partial charge >= 0.3 is 0 Å². The second-order valence-electron chi connectivity index (χ2n) is 4.03. The van der Waals surface area contributed by atoms with Crippen molar-refractivity contribution >= 4 is 37.5 Å². The van der Waals surface area contributed by atoms with Crippen LogP contribution in [0.4, 0.5) is 5.69 Å². The fraction of sp³-hybridized carbons (Fsp3) is 0.364. The van der Waals surface area contributed by atoms with Crippen LogP contribution in [-0.4, -0.2) is 34.1 Å². The monoisotopic (exact) mass is 365 g/mol. The molecule has 0 aliphatic heterocycles. The van der Waals surface area contributed by atoms with E-state index in [1.54, 1.807) is 13.0 Å². The van der Waals surface area contributed by atoms with Crippen LogP contribution in [0, 0.1) is 6.92 Å². The summed E-state index contributed by atoms with van der Waals surface area (Å²) in [6.45, 7) is 1.46. The Labute approximate surface area is 125 Å². The van der Waals surface area contributed by atoms with Crippen LogP contribution in [0.3, 0.4) is 0 Å². The van der Waals surface area contributed by atoms with Crippen molar-refractivity contribution in [1.82, 2.24) is 4.72 Å². The summed E-state index contributed by atoms with van der Waals surface area (Å²) in [7, 11) is -3.69. The van der Waals surface area contributed by atoms with Gasteiger partial charge < -0.3 is 16.2 Å². The molecule has 112 valence electrons. The van der Waals surface area contributed by atoms with Gasteiger partial charge in [0.25, 0.3) is 0 Å². The van der Waals surface area contributed by atoms with Gasteiger partial charge in [0.1, 0.15) is 6.61 Å². The Bertz CT molecular complexity index is 604. The fourth-order valence-electron chi connectivity index (χ4n) is 1.45. The molecule has 0 bridgehead atoms. The maximum absolute atomic E-state index is 12.1. The number of benzene rings is 1. The SMILES string of the molecule is Cc1c(N)cc(Br)cc1S(=O)(=O)NCCOCC(N)=O. The molecular weight excluding hydrogens is 350 g/mol. The Hall–Kier alpha value is -1.16. The number of nitrogens with two attached hydrogens (primary N) is 2. The van der Waals surface area contributed by atoms with E-state index in [-0.39, 0.29) is 24.7 Å². The normalized spacial score (nSPS) is 11.5. The van der Waals surface area contributed by atoms with E-state index in [9.17, 15) is 13.2 Å². The number of nitrogen functional groups attached to an aromatic ring is 1. The highest BCUT2D eigenvalue weighted by atomic mass is 79.9. The predicted octanol–water partition coefficient (Wildman–Crippen LogP) is 0.120. The van der Waals surface area contributed by atoms with E-state index < -0.39 is 15.9 Å². The lowest BCUT2D eigenvalue weighted by molar-refractivity contribution is -0.122. The molecule has 9 heteroatoms. The number of hydrogen-bond donors (Lipinski definition) is 3. The van der Waals surface area contributed by atoms with E-state index in [1.165, 1.54) is 6.07 Å². The van der Waals surface area contributed by atoms with E-state index in [1.807, 2.05) is 0 Å². The Morgan fingerprint density at radius 3 is 2.70 bits per heavy atom. The van der Waals surface area contributed by atoms with Gasteiger partial charge in [-0.3, -0.25) is 4.79 Å². The molecule has 20 heavy (non-hydrogen) atoms. The number of amides is 1. The van der Waals surface area contributed by atoms with E-state index in [2.05, 4.69) is 20.7 Å². The summed E-state index contributed by atoms with van der Waals surface area (Å²) in [6.07, 6.45) is 0. The van der Waals surface area contributed by atoms with Crippen LogP contribution in [0.25, 0.3) is 0 Å². The number of carbonyl (C=O) groups excluding carboxylic acids is 1. The third-order valence-electron chi connectivity index (χ3n) is 2.44. The van der Waals surface area contributed by atoms with Crippen LogP contribution in [0.1, 0.15) is 5.56 Å². The number of sulfonamides is 1. The highest BCUT2D eigenvalue weighted by molar-refractivity contribution is 9.10. The van der Waals surface area contributed by atoms with Gasteiger partial charge in [-0.2, -0.15) is 0 Å². The molecule has 0 atom stereocenters. The molecule has 0 aliphatic rings. The summed E-state index contributed by atoms with van der Waals surface area (Å²) < 4.78 is 32.0. The van der Waals surface area contributed by atoms with Gasteiger partial charge in [0.15, 0.2) is 0 Å². The van der Waals surface area contributed by atoms with Crippen molar-refractivity contribution in [2.75, 3.05) is 25.5 Å². The van der Waals surface area contributed by atoms with Crippen molar-refractivity contribution in [1.29, 1.82) is 0 Å². The zero-order chi connectivity index (χ0) is 15.3. The van der Waals surface area contributed by atoms with Gasteiger partial charge in [-0.25, -0.2) is 13.1 Å². The Balaban J connectivity index is 2.72. The molecule has 1 amide bonds. The van der Waals surface area contributed by atoms with Crippen molar-refractivity contribution < 1.29 is 17.9 Å². The van der Waals surface area contributed by atoms with E-state index in [4.69, 9.17) is 16.2 Å². The molecule has 7 nitrogen and oxygen atoms in total. The highest BCUT2D eigenvalue weighted by Gasteiger charge is 2.18. The molecule has 1 aromatic rings. The molecule has 0 saturated carbocycles. The van der Waals surface area contributed by atoms with Crippen LogP contribution in [0.15, 0.2) is 21.5 Å². The Kier molecular flexibility index (Phi) is 5.93. The Morgan fingerprint density at radius 2 is 2.10 bits per heavy atom. The minimum atomic E-state index is -3.69. The number of nitrogens with one attached hydrogen (secondary N) is 1. The maximum Gasteiger partial charge on any atom is 0.243 e. The van der Waals surface area contributed by atoms with Crippen molar-refractivity contribution in [3.05, 3.63) is 22.2 Å². The minimum absolute atomic E-state index is 0.0292. The van der Waals surface area contributed by atoms with Gasteiger partial charge in [0.05, 0.1) is 11.5 Å². The molecule has 1 rings (SSSR count). The van der Waals surface area contributed by atoms with Gasteiger partial charge in [0.2, 0.25) is 15.9 Å². The van der Waals surface area contributed by atoms with Gasteiger partial charge in [0, 0.05) is 16.7 Å². The van der Waals surface area contributed by atoms with Gasteiger partial charge in [-0.1, -0.05) is 15.9 Å². The van der Waals surface area contributed by atoms with Crippen molar-refractivity contribution in [2.24, 2.45) is 5.73 Å². The lowest BCUT2D eigenvalue weighted by atomic mass is 10.2. The first kappa shape index (κ1) is 16.9. The summed E-state index contributed by atoms with van der Waals surface area (Å²) in [6, 6.07) is 3.10. The quantitative estimate of drug-likeness (QED) is 0.467. The molecule has 0 fully saturated rings. The van der Waals surface area contributed by atoms with Crippen LogP contribution < -0.4 is 16.2 Å². The molecule has 0 radical (unpaired) electrons. The number of ether oxygens (including phenoxy) is 1. The average molecular weight is 366 g/mol. The second kappa shape index (κ2) is 7.02. The van der Waals surface area contributed by atoms with Gasteiger partial charge in [-0.15, -0.1) is 0 Å². The topological polar surface area (TPSA) is 125 Å². The zero-order valence-electron chi connectivity index (χ0n) is 10.8. The number of anilines is 1. The minimum Gasteiger partial charge on any atom is -0.398 e. The van der Waals surface area contributed by atoms with E-state index in [0.717, 1.165) is 0 Å². The summed E-state index contributed by atoms with van der Waals surface area (Å²) in [4.78, 5) is 10.5. The number of carbonyl (C=O) groups is 1. The maximum atomic E-state index is 12.1. The zero-order valence-corrected chi connectivity index (χ0v) is 13.3. The van der Waals surface area contributed by atoms with Crippen molar-refractivity contribution in [3.8, 4) is 0 Å². The molecule has 1 aromatic carbocycles. The third kappa shape index (κ3) is 4.75. The molecule has 0 unspecified atom stereocenters. The molecule has 0 spiro atoms. The number of halogens is 1. The summed E-state index contributed by atoms with van der Waals surface area (Å²) in [5.74, 6) is -0.608. The predicted molar refractivity (Wildman–Crippen MR) is 78.5 cm³/mol. The van der Waals surface area contributed by atoms with Gasteiger partial charge in [-0.05, 0) is 24.6 Å². The molecule has 0 aromatic heterocycles. The van der Waals surface area contributed by atoms with Crippen LogP contribution in [0.5, 0.6) is 0 Å². The van der Waals surface area contributed by atoms with Crippen LogP contribution in [-0.2, 0) is 19.6 Å². The molecule has 0 saturated heterocycles. The first-order valence-electron chi connectivity index (χ1n) is 5.65. The van der Waals surface area contributed by atoms with Crippen LogP contribution >= 0.6 is 15.9 Å². The standard InChI is InChI=1S/C11H16BrN3O4S/c1-7-9(13)4-8(12)5-10(7)20(17,18)15-2-3-19-6-11(14)16/h4-5,15H,2-3,6,13H2,1H3,(H2,14,16). The highest BCUT2D eigenvalue weighted by Crippen LogP contribution is 2.25. The average Bonchev–Trinajstić information content (AvgIpc) is 2.32. The molecule has 5 N–H and O–H groups in total. The fourth-order valence-corrected chi connectivity index (χ4v) is 3.39. The lowest BCUT2D eigenvalue weighted by Gasteiger charge is -2.11. The lowest BCUT2D eigenvalue weighted by Crippen LogP contribution is -2.29. The second-order valence-corrected chi connectivity index (χ2v) is 6.69. The van der Waals surface area contributed by atoms with Crippen LogP contribution in [0.2, 0.25) is 0 Å². The van der Waals surface area contributed by atoms with Crippen molar-refractivity contribution in [3.63, 3.8) is 0 Å². The first-order chi connectivity index (χ1) is 9.24. The molecular formula is C11H16BrN3O4S. The Morgan fingerprint density at radius 1 is 1.45 bits per heavy atom. The summed E-state index contributed by atoms with van der Waals surface area (Å²) in [5, 5.41) is 0. The largest absolute Gasteiger partial charge is 0.398 e. The number of primary amides is 1. The molecule has 0 aliphatic carbocycles.